The van der Waals surface area contributed by atoms with E-state index in [1.54, 1.807) is 25.3 Å². The van der Waals surface area contributed by atoms with Gasteiger partial charge in [-0.15, -0.1) is 0 Å². The van der Waals surface area contributed by atoms with Crippen molar-refractivity contribution < 1.29 is 8.78 Å². The average Bonchev–Trinajstić information content (AvgIpc) is 2.52. The van der Waals surface area contributed by atoms with Crippen molar-refractivity contribution in [2.75, 3.05) is 0 Å². The number of fused-ring (bicyclic) bond motifs is 1. The van der Waals surface area contributed by atoms with Gasteiger partial charge in [-0.3, -0.25) is 9.36 Å². The number of aromatic nitrogens is 2. The van der Waals surface area contributed by atoms with Crippen LogP contribution in [0.25, 0.3) is 16.6 Å². The van der Waals surface area contributed by atoms with E-state index in [4.69, 9.17) is 11.6 Å². The van der Waals surface area contributed by atoms with Crippen molar-refractivity contribution in [3.05, 3.63) is 68.7 Å². The summed E-state index contributed by atoms with van der Waals surface area (Å²) in [5, 5.41) is 0.799. The summed E-state index contributed by atoms with van der Waals surface area (Å²) >= 11 is 6.19. The van der Waals surface area contributed by atoms with Crippen LogP contribution >= 0.6 is 11.6 Å². The first-order valence-electron chi connectivity index (χ1n) is 7.47. The quantitative estimate of drug-likeness (QED) is 0.670. The predicted molar refractivity (Wildman–Crippen MR) is 91.1 cm³/mol. The lowest BCUT2D eigenvalue weighted by atomic mass is 9.98. The van der Waals surface area contributed by atoms with Gasteiger partial charge in [-0.05, 0) is 48.1 Å². The molecule has 0 N–H and O–H groups in total. The highest BCUT2D eigenvalue weighted by atomic mass is 35.5. The topological polar surface area (TPSA) is 34.9 Å². The second kappa shape index (κ2) is 5.98. The lowest BCUT2D eigenvalue weighted by molar-refractivity contribution is 0.510. The van der Waals surface area contributed by atoms with Gasteiger partial charge in [0.2, 0.25) is 0 Å². The third-order valence-electron chi connectivity index (χ3n) is 3.91. The highest BCUT2D eigenvalue weighted by Gasteiger charge is 2.17. The molecular weight excluding hydrogens is 334 g/mol. The molecule has 0 radical (unpaired) electrons. The summed E-state index contributed by atoms with van der Waals surface area (Å²) in [6.45, 7) is 5.61. The van der Waals surface area contributed by atoms with Crippen molar-refractivity contribution in [1.82, 2.24) is 9.55 Å². The molecule has 0 saturated heterocycles. The first-order valence-corrected chi connectivity index (χ1v) is 7.85. The van der Waals surface area contributed by atoms with Crippen LogP contribution in [0.5, 0.6) is 0 Å². The Bertz CT molecular complexity index is 1010. The molecule has 0 atom stereocenters. The molecule has 24 heavy (non-hydrogen) atoms. The fourth-order valence-corrected chi connectivity index (χ4v) is 2.87. The summed E-state index contributed by atoms with van der Waals surface area (Å²) < 4.78 is 28.6. The monoisotopic (exact) mass is 348 g/mol. The number of hydrogen-bond acceptors (Lipinski definition) is 2. The van der Waals surface area contributed by atoms with Gasteiger partial charge in [0.25, 0.3) is 5.56 Å². The molecule has 3 nitrogen and oxygen atoms in total. The summed E-state index contributed by atoms with van der Waals surface area (Å²) in [5.41, 5.74) is 0.911. The number of nitrogens with zero attached hydrogens (tertiary/aromatic N) is 2. The zero-order chi connectivity index (χ0) is 17.6. The van der Waals surface area contributed by atoms with Gasteiger partial charge in [0.15, 0.2) is 17.5 Å². The van der Waals surface area contributed by atoms with Crippen molar-refractivity contribution in [1.29, 1.82) is 0 Å². The van der Waals surface area contributed by atoms with Crippen LogP contribution in [0.2, 0.25) is 5.02 Å². The maximum absolute atomic E-state index is 13.7. The molecule has 0 spiro atoms. The van der Waals surface area contributed by atoms with Crippen LogP contribution in [-0.4, -0.2) is 9.55 Å². The first-order chi connectivity index (χ1) is 11.3. The van der Waals surface area contributed by atoms with Gasteiger partial charge in [-0.2, -0.15) is 0 Å². The Balaban J connectivity index is 2.46. The van der Waals surface area contributed by atoms with E-state index in [1.165, 1.54) is 4.57 Å². The van der Waals surface area contributed by atoms with E-state index in [2.05, 4.69) is 4.98 Å². The summed E-state index contributed by atoms with van der Waals surface area (Å²) in [6.07, 6.45) is 1.60. The van der Waals surface area contributed by atoms with Gasteiger partial charge in [-0.1, -0.05) is 25.4 Å². The van der Waals surface area contributed by atoms with Gasteiger partial charge in [0.05, 0.1) is 10.4 Å². The largest absolute Gasteiger partial charge is 0.268 e. The molecule has 2 aromatic heterocycles. The molecular formula is C18H15ClF2N2O. The summed E-state index contributed by atoms with van der Waals surface area (Å²) in [7, 11) is 0. The molecule has 0 saturated carbocycles. The van der Waals surface area contributed by atoms with Crippen LogP contribution in [0.3, 0.4) is 0 Å². The van der Waals surface area contributed by atoms with E-state index in [-0.39, 0.29) is 17.1 Å². The molecule has 6 heteroatoms. The van der Waals surface area contributed by atoms with E-state index in [9.17, 15) is 13.6 Å². The molecule has 0 amide bonds. The predicted octanol–water partition coefficient (Wildman–Crippen LogP) is 4.75. The van der Waals surface area contributed by atoms with Crippen LogP contribution in [0.4, 0.5) is 8.78 Å². The van der Waals surface area contributed by atoms with E-state index >= 15 is 0 Å². The number of pyridine rings is 2. The zero-order valence-electron chi connectivity index (χ0n) is 13.4. The Morgan fingerprint density at radius 2 is 1.75 bits per heavy atom. The molecule has 3 rings (SSSR count). The standard InChI is InChI=1S/C18H15ClF2N2O/c1-9(2)13-8-23(17-14(19)5-4-10(3)22-17)18(24)12-7-16(21)15(20)6-11(12)13/h4-9H,1-3H3. The fourth-order valence-electron chi connectivity index (χ4n) is 2.67. The second-order valence-electron chi connectivity index (χ2n) is 5.98. The minimum atomic E-state index is -1.06. The van der Waals surface area contributed by atoms with Crippen LogP contribution in [0.1, 0.15) is 31.0 Å². The Morgan fingerprint density at radius 3 is 2.38 bits per heavy atom. The van der Waals surface area contributed by atoms with Crippen LogP contribution in [0, 0.1) is 18.6 Å². The van der Waals surface area contributed by atoms with E-state index < -0.39 is 17.2 Å². The molecule has 0 unspecified atom stereocenters. The lowest BCUT2D eigenvalue weighted by Gasteiger charge is -2.15. The molecule has 2 heterocycles. The smallest absolute Gasteiger partial charge is 0.264 e. The highest BCUT2D eigenvalue weighted by Crippen LogP contribution is 2.27. The van der Waals surface area contributed by atoms with Gasteiger partial charge in [0, 0.05) is 11.9 Å². The molecule has 0 bridgehead atoms. The summed E-state index contributed by atoms with van der Waals surface area (Å²) in [5.74, 6) is -1.77. The minimum absolute atomic E-state index is 0.00667. The van der Waals surface area contributed by atoms with Gasteiger partial charge in [-0.25, -0.2) is 13.8 Å². The first kappa shape index (κ1) is 16.6. The number of halogens is 3. The molecule has 0 aliphatic rings. The molecule has 1 aromatic carbocycles. The van der Waals surface area contributed by atoms with Gasteiger partial charge in [0.1, 0.15) is 0 Å². The van der Waals surface area contributed by atoms with Crippen molar-refractivity contribution in [2.24, 2.45) is 0 Å². The molecule has 124 valence electrons. The highest BCUT2D eigenvalue weighted by molar-refractivity contribution is 6.32. The average molecular weight is 349 g/mol. The van der Waals surface area contributed by atoms with Crippen LogP contribution < -0.4 is 5.56 Å². The molecule has 0 aliphatic carbocycles. The van der Waals surface area contributed by atoms with E-state index in [1.807, 2.05) is 13.8 Å². The maximum atomic E-state index is 13.7. The Kier molecular flexibility index (Phi) is 4.13. The van der Waals surface area contributed by atoms with Gasteiger partial charge >= 0.3 is 0 Å². The molecule has 0 fully saturated rings. The van der Waals surface area contributed by atoms with E-state index in [0.717, 1.165) is 12.1 Å². The maximum Gasteiger partial charge on any atom is 0.264 e. The van der Waals surface area contributed by atoms with Crippen molar-refractivity contribution in [3.63, 3.8) is 0 Å². The van der Waals surface area contributed by atoms with Crippen molar-refractivity contribution in [3.8, 4) is 5.82 Å². The van der Waals surface area contributed by atoms with Crippen LogP contribution in [-0.2, 0) is 0 Å². The summed E-state index contributed by atoms with van der Waals surface area (Å²) in [4.78, 5) is 17.1. The Labute approximate surface area is 142 Å². The van der Waals surface area contributed by atoms with Crippen molar-refractivity contribution in [2.45, 2.75) is 26.7 Å². The van der Waals surface area contributed by atoms with E-state index in [0.29, 0.717) is 21.7 Å². The zero-order valence-corrected chi connectivity index (χ0v) is 14.2. The molecule has 3 aromatic rings. The van der Waals surface area contributed by atoms with Gasteiger partial charge < -0.3 is 0 Å². The Morgan fingerprint density at radius 1 is 1.12 bits per heavy atom. The van der Waals surface area contributed by atoms with Crippen molar-refractivity contribution >= 4 is 22.4 Å². The van der Waals surface area contributed by atoms with Crippen LogP contribution in [0.15, 0.2) is 35.3 Å². The number of hydrogen-bond donors (Lipinski definition) is 0. The summed E-state index contributed by atoms with van der Waals surface area (Å²) in [6, 6.07) is 5.38. The Hall–Kier alpha value is -2.27. The third-order valence-corrected chi connectivity index (χ3v) is 4.20. The fraction of sp³-hybridized carbons (Fsp3) is 0.222. The number of benzene rings is 1. The second-order valence-corrected chi connectivity index (χ2v) is 6.39. The normalized spacial score (nSPS) is 11.5. The minimum Gasteiger partial charge on any atom is -0.268 e. The number of aryl methyl sites for hydroxylation is 1. The number of rotatable bonds is 2. The SMILES string of the molecule is Cc1ccc(Cl)c(-n2cc(C(C)C)c3cc(F)c(F)cc3c2=O)n1. The molecule has 0 aliphatic heterocycles. The third kappa shape index (κ3) is 2.69. The lowest BCUT2D eigenvalue weighted by Crippen LogP contribution is -2.21.